The van der Waals surface area contributed by atoms with Crippen LogP contribution in [0.4, 0.5) is 10.6 Å². The van der Waals surface area contributed by atoms with Crippen LogP contribution < -0.4 is 5.32 Å². The van der Waals surface area contributed by atoms with Gasteiger partial charge in [0.05, 0.1) is 18.5 Å². The van der Waals surface area contributed by atoms with E-state index < -0.39 is 0 Å². The van der Waals surface area contributed by atoms with Crippen molar-refractivity contribution in [2.45, 2.75) is 19.4 Å². The summed E-state index contributed by atoms with van der Waals surface area (Å²) in [6.07, 6.45) is 3.98. The number of nitrogens with one attached hydrogen (secondary N) is 1. The minimum absolute atomic E-state index is 0.00118. The van der Waals surface area contributed by atoms with Crippen LogP contribution in [0, 0.1) is 5.92 Å². The zero-order valence-electron chi connectivity index (χ0n) is 13.8. The van der Waals surface area contributed by atoms with Gasteiger partial charge in [0.25, 0.3) is 0 Å². The average molecular weight is 387 g/mol. The third kappa shape index (κ3) is 3.79. The number of hydrogen-bond donors (Lipinski definition) is 3. The molecule has 9 heteroatoms. The molecular weight excluding hydrogens is 370 g/mol. The third-order valence-corrected chi connectivity index (χ3v) is 5.38. The summed E-state index contributed by atoms with van der Waals surface area (Å²) < 4.78 is 1.38. The highest BCUT2D eigenvalue weighted by Crippen LogP contribution is 2.30. The fourth-order valence-corrected chi connectivity index (χ4v) is 3.52. The zero-order chi connectivity index (χ0) is 18.1. The highest BCUT2D eigenvalue weighted by Gasteiger charge is 2.25. The molecule has 1 aliphatic rings. The van der Waals surface area contributed by atoms with Crippen LogP contribution in [-0.2, 0) is 6.61 Å². The van der Waals surface area contributed by atoms with E-state index in [0.29, 0.717) is 35.1 Å². The predicted molar refractivity (Wildman–Crippen MR) is 104 cm³/mol. The number of aromatic nitrogens is 3. The second kappa shape index (κ2) is 7.18. The number of pyridine rings is 1. The van der Waals surface area contributed by atoms with Crippen LogP contribution in [0.15, 0.2) is 29.8 Å². The summed E-state index contributed by atoms with van der Waals surface area (Å²) in [4.78, 5) is 26.3. The number of thiophene rings is 1. The zero-order valence-corrected chi connectivity index (χ0v) is 15.5. The van der Waals surface area contributed by atoms with Crippen molar-refractivity contribution in [1.29, 1.82) is 0 Å². The Bertz CT molecular complexity index is 957. The molecule has 0 aromatic carbocycles. The molecule has 0 unspecified atom stereocenters. The number of anilines is 1. The Kier molecular flexibility index (Phi) is 4.75. The minimum Gasteiger partial charge on any atom is -0.391 e. The van der Waals surface area contributed by atoms with E-state index in [1.807, 2.05) is 11.4 Å². The Balaban J connectivity index is 1.55. The first-order chi connectivity index (χ1) is 12.6. The Hall–Kier alpha value is -2.23. The number of nitrogens with zero attached hydrogens (tertiary/aromatic N) is 4. The van der Waals surface area contributed by atoms with E-state index >= 15 is 0 Å². The van der Waals surface area contributed by atoms with E-state index in [2.05, 4.69) is 33.1 Å². The van der Waals surface area contributed by atoms with Crippen molar-refractivity contribution in [3.05, 3.63) is 34.7 Å². The second-order valence-electron chi connectivity index (χ2n) is 6.21. The molecule has 0 aliphatic heterocycles. The normalized spacial score (nSPS) is 13.8. The number of rotatable bonds is 5. The number of urea groups is 1. The van der Waals surface area contributed by atoms with Gasteiger partial charge >= 0.3 is 6.03 Å². The molecule has 4 rings (SSSR count). The molecule has 1 aliphatic carbocycles. The van der Waals surface area contributed by atoms with Crippen LogP contribution in [0.1, 0.15) is 17.7 Å². The lowest BCUT2D eigenvalue weighted by Gasteiger charge is -2.15. The van der Waals surface area contributed by atoms with Gasteiger partial charge in [0.1, 0.15) is 11.3 Å². The molecule has 26 heavy (non-hydrogen) atoms. The molecule has 0 spiro atoms. The number of amides is 2. The van der Waals surface area contributed by atoms with Crippen molar-refractivity contribution >= 4 is 47.2 Å². The Morgan fingerprint density at radius 1 is 1.38 bits per heavy atom. The standard InChI is InChI=1S/C17H17N5O2S2/c23-8-12-5-11(9-26-12)14-6-18-13-3-4-15(20-16(13)19-14)21-17(24)22(25)7-10-1-2-10/h3-6,9-10,23,25H,1-2,7-8H2,(H,19,20,21,24). The van der Waals surface area contributed by atoms with Crippen LogP contribution >= 0.6 is 24.2 Å². The Morgan fingerprint density at radius 3 is 2.96 bits per heavy atom. The van der Waals surface area contributed by atoms with Gasteiger partial charge in [0, 0.05) is 22.4 Å². The smallest absolute Gasteiger partial charge is 0.332 e. The average Bonchev–Trinajstić information content (AvgIpc) is 3.33. The van der Waals surface area contributed by atoms with Crippen LogP contribution in [0.5, 0.6) is 0 Å². The van der Waals surface area contributed by atoms with Crippen LogP contribution in [0.2, 0.25) is 0 Å². The quantitative estimate of drug-likeness (QED) is 0.584. The lowest BCUT2D eigenvalue weighted by atomic mass is 10.2. The first kappa shape index (κ1) is 17.2. The molecule has 1 saturated carbocycles. The molecule has 0 saturated heterocycles. The van der Waals surface area contributed by atoms with Crippen molar-refractivity contribution in [2.24, 2.45) is 5.92 Å². The molecule has 2 N–H and O–H groups in total. The summed E-state index contributed by atoms with van der Waals surface area (Å²) in [6, 6.07) is 5.04. The molecule has 0 atom stereocenters. The first-order valence-corrected chi connectivity index (χ1v) is 9.50. The number of aliphatic hydroxyl groups is 1. The van der Waals surface area contributed by atoms with Gasteiger partial charge in [-0.15, -0.1) is 11.3 Å². The molecule has 134 valence electrons. The SMILES string of the molecule is O=C(Nc1ccc2ncc(-c3csc(CO)c3)nc2n1)N(S)CC1CC1. The van der Waals surface area contributed by atoms with E-state index in [9.17, 15) is 9.90 Å². The fourth-order valence-electron chi connectivity index (χ4n) is 2.51. The number of carbonyl (C=O) groups excluding carboxylic acids is 1. The van der Waals surface area contributed by atoms with E-state index in [0.717, 1.165) is 23.3 Å². The van der Waals surface area contributed by atoms with E-state index in [-0.39, 0.29) is 12.6 Å². The van der Waals surface area contributed by atoms with E-state index in [4.69, 9.17) is 0 Å². The van der Waals surface area contributed by atoms with Crippen molar-refractivity contribution in [1.82, 2.24) is 19.3 Å². The third-order valence-electron chi connectivity index (χ3n) is 4.11. The molecule has 3 heterocycles. The van der Waals surface area contributed by atoms with Crippen LogP contribution in [0.25, 0.3) is 22.4 Å². The summed E-state index contributed by atoms with van der Waals surface area (Å²) in [5.41, 5.74) is 2.65. The minimum atomic E-state index is -0.304. The van der Waals surface area contributed by atoms with Gasteiger partial charge in [-0.3, -0.25) is 14.6 Å². The highest BCUT2D eigenvalue weighted by molar-refractivity contribution is 7.78. The number of thiol groups is 1. The fraction of sp³-hybridized carbons (Fsp3) is 0.294. The second-order valence-corrected chi connectivity index (χ2v) is 7.69. The molecule has 0 radical (unpaired) electrons. The van der Waals surface area contributed by atoms with Gasteiger partial charge < -0.3 is 5.11 Å². The van der Waals surface area contributed by atoms with Crippen molar-refractivity contribution in [3.63, 3.8) is 0 Å². The largest absolute Gasteiger partial charge is 0.391 e. The van der Waals surface area contributed by atoms with Crippen molar-refractivity contribution in [2.75, 3.05) is 11.9 Å². The Labute approximate surface area is 159 Å². The lowest BCUT2D eigenvalue weighted by molar-refractivity contribution is 0.238. The summed E-state index contributed by atoms with van der Waals surface area (Å²) in [5.74, 6) is 0.968. The summed E-state index contributed by atoms with van der Waals surface area (Å²) in [5, 5.41) is 13.9. The van der Waals surface area contributed by atoms with Crippen LogP contribution in [-0.4, -0.2) is 36.9 Å². The first-order valence-electron chi connectivity index (χ1n) is 8.22. The molecule has 3 aromatic rings. The van der Waals surface area contributed by atoms with Crippen molar-refractivity contribution < 1.29 is 9.90 Å². The van der Waals surface area contributed by atoms with Gasteiger partial charge in [-0.2, -0.15) is 0 Å². The number of fused-ring (bicyclic) bond motifs is 1. The van der Waals surface area contributed by atoms with E-state index in [1.54, 1.807) is 18.3 Å². The van der Waals surface area contributed by atoms with Gasteiger partial charge in [-0.25, -0.2) is 14.8 Å². The summed E-state index contributed by atoms with van der Waals surface area (Å²) in [7, 11) is 0. The maximum absolute atomic E-state index is 12.2. The highest BCUT2D eigenvalue weighted by atomic mass is 32.1. The van der Waals surface area contributed by atoms with Crippen LogP contribution in [0.3, 0.4) is 0 Å². The molecule has 7 nitrogen and oxygen atoms in total. The van der Waals surface area contributed by atoms with E-state index in [1.165, 1.54) is 15.6 Å². The maximum atomic E-state index is 12.2. The Morgan fingerprint density at radius 2 is 2.23 bits per heavy atom. The van der Waals surface area contributed by atoms with Gasteiger partial charge in [0.15, 0.2) is 5.65 Å². The van der Waals surface area contributed by atoms with Gasteiger partial charge in [-0.05, 0) is 37.0 Å². The molecule has 2 amide bonds. The number of hydrogen-bond acceptors (Lipinski definition) is 7. The maximum Gasteiger partial charge on any atom is 0.332 e. The van der Waals surface area contributed by atoms with Crippen molar-refractivity contribution in [3.8, 4) is 11.3 Å². The molecule has 3 aromatic heterocycles. The molecular formula is C17H17N5O2S2. The van der Waals surface area contributed by atoms with Gasteiger partial charge in [0.2, 0.25) is 0 Å². The number of aliphatic hydroxyl groups excluding tert-OH is 1. The lowest BCUT2D eigenvalue weighted by Crippen LogP contribution is -2.29. The summed E-state index contributed by atoms with van der Waals surface area (Å²) in [6.45, 7) is 0.638. The molecule has 1 fully saturated rings. The molecule has 0 bridgehead atoms. The monoisotopic (exact) mass is 387 g/mol. The summed E-state index contributed by atoms with van der Waals surface area (Å²) >= 11 is 5.70. The topological polar surface area (TPSA) is 91.2 Å². The van der Waals surface area contributed by atoms with Gasteiger partial charge in [-0.1, -0.05) is 12.8 Å². The predicted octanol–water partition coefficient (Wildman–Crippen LogP) is 3.33. The number of carbonyl (C=O) groups is 1.